The SMILES string of the molecule is CCC(N)C(c1ccco1)N1CCC2(CCCCC2)CC1. The summed E-state index contributed by atoms with van der Waals surface area (Å²) in [5.74, 6) is 1.05. The molecule has 2 fully saturated rings. The summed E-state index contributed by atoms with van der Waals surface area (Å²) in [5.41, 5.74) is 7.06. The van der Waals surface area contributed by atoms with Crippen molar-refractivity contribution in [3.05, 3.63) is 24.2 Å². The van der Waals surface area contributed by atoms with Gasteiger partial charge in [-0.1, -0.05) is 26.2 Å². The molecule has 2 aliphatic rings. The zero-order chi connectivity index (χ0) is 14.7. The molecule has 3 nitrogen and oxygen atoms in total. The van der Waals surface area contributed by atoms with Crippen LogP contribution in [0.1, 0.15) is 70.1 Å². The lowest BCUT2D eigenvalue weighted by Gasteiger charge is -2.47. The summed E-state index contributed by atoms with van der Waals surface area (Å²) in [6.45, 7) is 4.53. The van der Waals surface area contributed by atoms with Crippen LogP contribution in [-0.2, 0) is 0 Å². The molecule has 118 valence electrons. The van der Waals surface area contributed by atoms with Gasteiger partial charge in [0, 0.05) is 6.04 Å². The topological polar surface area (TPSA) is 42.4 Å². The van der Waals surface area contributed by atoms with E-state index in [1.165, 1.54) is 58.0 Å². The largest absolute Gasteiger partial charge is 0.468 e. The molecule has 2 heterocycles. The molecule has 0 amide bonds. The molecule has 3 heteroatoms. The molecule has 1 aliphatic carbocycles. The van der Waals surface area contributed by atoms with E-state index in [9.17, 15) is 0 Å². The maximum absolute atomic E-state index is 6.41. The van der Waals surface area contributed by atoms with Gasteiger partial charge in [-0.3, -0.25) is 4.90 Å². The predicted octanol–water partition coefficient (Wildman–Crippen LogP) is 4.10. The number of rotatable bonds is 4. The Balaban J connectivity index is 1.68. The van der Waals surface area contributed by atoms with Gasteiger partial charge in [0.2, 0.25) is 0 Å². The molecule has 2 N–H and O–H groups in total. The molecular weight excluding hydrogens is 260 g/mol. The molecule has 1 spiro atoms. The van der Waals surface area contributed by atoms with Gasteiger partial charge < -0.3 is 10.2 Å². The van der Waals surface area contributed by atoms with Crippen LogP contribution in [0.4, 0.5) is 0 Å². The van der Waals surface area contributed by atoms with Crippen molar-refractivity contribution in [2.45, 2.75) is 70.4 Å². The fourth-order valence-electron chi connectivity index (χ4n) is 4.42. The van der Waals surface area contributed by atoms with E-state index >= 15 is 0 Å². The Morgan fingerprint density at radius 2 is 1.90 bits per heavy atom. The van der Waals surface area contributed by atoms with Crippen molar-refractivity contribution in [1.82, 2.24) is 4.90 Å². The summed E-state index contributed by atoms with van der Waals surface area (Å²) in [4.78, 5) is 2.58. The van der Waals surface area contributed by atoms with Crippen LogP contribution < -0.4 is 5.73 Å². The molecule has 1 aromatic rings. The zero-order valence-corrected chi connectivity index (χ0v) is 13.4. The highest BCUT2D eigenvalue weighted by atomic mass is 16.3. The van der Waals surface area contributed by atoms with Crippen LogP contribution in [0.25, 0.3) is 0 Å². The highest BCUT2D eigenvalue weighted by Gasteiger charge is 2.39. The van der Waals surface area contributed by atoms with E-state index in [-0.39, 0.29) is 12.1 Å². The van der Waals surface area contributed by atoms with Gasteiger partial charge >= 0.3 is 0 Å². The van der Waals surface area contributed by atoms with Gasteiger partial charge in [0.05, 0.1) is 12.3 Å². The van der Waals surface area contributed by atoms with E-state index in [4.69, 9.17) is 10.2 Å². The van der Waals surface area contributed by atoms with Crippen molar-refractivity contribution < 1.29 is 4.42 Å². The third-order valence-corrected chi connectivity index (χ3v) is 5.88. The summed E-state index contributed by atoms with van der Waals surface area (Å²) >= 11 is 0. The van der Waals surface area contributed by atoms with Crippen LogP contribution in [0.3, 0.4) is 0 Å². The lowest BCUT2D eigenvalue weighted by atomic mass is 9.68. The lowest BCUT2D eigenvalue weighted by Crippen LogP contribution is -2.47. The van der Waals surface area contributed by atoms with Gasteiger partial charge in [-0.05, 0) is 62.7 Å². The maximum Gasteiger partial charge on any atom is 0.122 e. The fraction of sp³-hybridized carbons (Fsp3) is 0.778. The smallest absolute Gasteiger partial charge is 0.122 e. The van der Waals surface area contributed by atoms with Gasteiger partial charge in [0.1, 0.15) is 5.76 Å². The summed E-state index contributed by atoms with van der Waals surface area (Å²) in [6.07, 6.45) is 12.7. The van der Waals surface area contributed by atoms with Crippen LogP contribution in [0.15, 0.2) is 22.8 Å². The number of hydrogen-bond donors (Lipinski definition) is 1. The minimum atomic E-state index is 0.163. The van der Waals surface area contributed by atoms with Crippen molar-refractivity contribution in [2.24, 2.45) is 11.1 Å². The molecule has 1 aliphatic heterocycles. The molecule has 1 saturated carbocycles. The van der Waals surface area contributed by atoms with E-state index in [0.29, 0.717) is 5.41 Å². The number of nitrogens with two attached hydrogens (primary N) is 1. The minimum Gasteiger partial charge on any atom is -0.468 e. The standard InChI is InChI=1S/C18H30N2O/c1-2-15(19)17(16-7-6-14-21-16)20-12-10-18(11-13-20)8-4-3-5-9-18/h6-7,14-15,17H,2-5,8-13,19H2,1H3. The lowest BCUT2D eigenvalue weighted by molar-refractivity contribution is 0.0313. The second-order valence-electron chi connectivity index (χ2n) is 7.13. The average molecular weight is 290 g/mol. The second-order valence-corrected chi connectivity index (χ2v) is 7.13. The molecule has 1 saturated heterocycles. The Bertz CT molecular complexity index is 412. The average Bonchev–Trinajstić information content (AvgIpc) is 3.04. The Kier molecular flexibility index (Phi) is 4.70. The first kappa shape index (κ1) is 15.1. The number of likely N-dealkylation sites (tertiary alicyclic amines) is 1. The van der Waals surface area contributed by atoms with Crippen LogP contribution >= 0.6 is 0 Å². The van der Waals surface area contributed by atoms with E-state index in [0.717, 1.165) is 12.2 Å². The molecule has 0 bridgehead atoms. The van der Waals surface area contributed by atoms with Gasteiger partial charge in [-0.25, -0.2) is 0 Å². The number of hydrogen-bond acceptors (Lipinski definition) is 3. The summed E-state index contributed by atoms with van der Waals surface area (Å²) in [7, 11) is 0. The van der Waals surface area contributed by atoms with E-state index in [1.54, 1.807) is 6.26 Å². The molecule has 0 aromatic carbocycles. The maximum atomic E-state index is 6.41. The quantitative estimate of drug-likeness (QED) is 0.907. The highest BCUT2D eigenvalue weighted by Crippen LogP contribution is 2.46. The Morgan fingerprint density at radius 3 is 2.48 bits per heavy atom. The summed E-state index contributed by atoms with van der Waals surface area (Å²) in [6, 6.07) is 4.49. The minimum absolute atomic E-state index is 0.163. The van der Waals surface area contributed by atoms with Crippen molar-refractivity contribution in [2.75, 3.05) is 13.1 Å². The van der Waals surface area contributed by atoms with Gasteiger partial charge in [0.15, 0.2) is 0 Å². The molecular formula is C18H30N2O. The monoisotopic (exact) mass is 290 g/mol. The molecule has 21 heavy (non-hydrogen) atoms. The Morgan fingerprint density at radius 1 is 1.19 bits per heavy atom. The van der Waals surface area contributed by atoms with Crippen LogP contribution in [-0.4, -0.2) is 24.0 Å². The first-order chi connectivity index (χ1) is 10.2. The van der Waals surface area contributed by atoms with Crippen LogP contribution in [0.5, 0.6) is 0 Å². The number of furan rings is 1. The normalized spacial score (nSPS) is 25.8. The summed E-state index contributed by atoms with van der Waals surface area (Å²) < 4.78 is 5.69. The molecule has 2 atom stereocenters. The number of nitrogens with zero attached hydrogens (tertiary/aromatic N) is 1. The van der Waals surface area contributed by atoms with Crippen LogP contribution in [0, 0.1) is 5.41 Å². The van der Waals surface area contributed by atoms with Crippen molar-refractivity contribution in [1.29, 1.82) is 0 Å². The van der Waals surface area contributed by atoms with Crippen LogP contribution in [0.2, 0.25) is 0 Å². The Hall–Kier alpha value is -0.800. The fourth-order valence-corrected chi connectivity index (χ4v) is 4.42. The van der Waals surface area contributed by atoms with Gasteiger partial charge in [0.25, 0.3) is 0 Å². The van der Waals surface area contributed by atoms with Crippen molar-refractivity contribution >= 4 is 0 Å². The first-order valence-electron chi connectivity index (χ1n) is 8.77. The Labute approximate surface area is 128 Å². The van der Waals surface area contributed by atoms with Gasteiger partial charge in [-0.15, -0.1) is 0 Å². The third kappa shape index (κ3) is 3.19. The summed E-state index contributed by atoms with van der Waals surface area (Å²) in [5, 5.41) is 0. The molecule has 0 radical (unpaired) electrons. The van der Waals surface area contributed by atoms with E-state index in [1.807, 2.05) is 6.07 Å². The molecule has 2 unspecified atom stereocenters. The third-order valence-electron chi connectivity index (χ3n) is 5.88. The van der Waals surface area contributed by atoms with Gasteiger partial charge in [-0.2, -0.15) is 0 Å². The number of piperidine rings is 1. The second kappa shape index (κ2) is 6.53. The molecule has 3 rings (SSSR count). The molecule has 1 aromatic heterocycles. The first-order valence-corrected chi connectivity index (χ1v) is 8.77. The predicted molar refractivity (Wildman–Crippen MR) is 86.0 cm³/mol. The van der Waals surface area contributed by atoms with E-state index in [2.05, 4.69) is 17.9 Å². The zero-order valence-electron chi connectivity index (χ0n) is 13.4. The van der Waals surface area contributed by atoms with Crippen molar-refractivity contribution in [3.8, 4) is 0 Å². The highest BCUT2D eigenvalue weighted by molar-refractivity contribution is 5.09. The van der Waals surface area contributed by atoms with Crippen molar-refractivity contribution in [3.63, 3.8) is 0 Å². The van der Waals surface area contributed by atoms with E-state index < -0.39 is 0 Å².